The third-order valence-electron chi connectivity index (χ3n) is 5.28. The van der Waals surface area contributed by atoms with Crippen molar-refractivity contribution in [1.82, 2.24) is 4.90 Å². The summed E-state index contributed by atoms with van der Waals surface area (Å²) in [6, 6.07) is 12.6. The fourth-order valence-electron chi connectivity index (χ4n) is 3.47. The highest BCUT2D eigenvalue weighted by molar-refractivity contribution is 6.00. The topological polar surface area (TPSA) is 111 Å². The summed E-state index contributed by atoms with van der Waals surface area (Å²) in [5.41, 5.74) is 1.11. The zero-order chi connectivity index (χ0) is 24.5. The average molecular weight is 469 g/mol. The number of hydrogen-bond acceptors (Lipinski definition) is 7. The van der Waals surface area contributed by atoms with Gasteiger partial charge < -0.3 is 24.4 Å². The number of nitrogens with zero attached hydrogens (tertiary/aromatic N) is 1. The Bertz CT molecular complexity index is 1020. The third-order valence-corrected chi connectivity index (χ3v) is 5.28. The summed E-state index contributed by atoms with van der Waals surface area (Å²) in [6.07, 6.45) is -0.0384. The number of anilines is 1. The number of carbonyl (C=O) groups excluding carboxylic acids is 4. The molecule has 3 rings (SSSR count). The van der Waals surface area contributed by atoms with E-state index in [2.05, 4.69) is 5.32 Å². The summed E-state index contributed by atoms with van der Waals surface area (Å²) < 4.78 is 15.6. The molecule has 0 bridgehead atoms. The molecule has 0 saturated carbocycles. The van der Waals surface area contributed by atoms with Crippen molar-refractivity contribution in [3.05, 3.63) is 59.7 Å². The second-order valence-corrected chi connectivity index (χ2v) is 7.74. The first-order valence-electron chi connectivity index (χ1n) is 11.1. The first-order valence-corrected chi connectivity index (χ1v) is 11.1. The van der Waals surface area contributed by atoms with Crippen LogP contribution in [0.5, 0.6) is 5.75 Å². The van der Waals surface area contributed by atoms with Crippen molar-refractivity contribution < 1.29 is 33.4 Å². The van der Waals surface area contributed by atoms with Crippen molar-refractivity contribution >= 4 is 29.3 Å². The Morgan fingerprint density at radius 1 is 1.06 bits per heavy atom. The molecule has 2 amide bonds. The minimum atomic E-state index is -0.794. The molecule has 1 aliphatic heterocycles. The van der Waals surface area contributed by atoms with Crippen LogP contribution in [0, 0.1) is 0 Å². The van der Waals surface area contributed by atoms with Crippen LogP contribution in [0.4, 0.5) is 5.69 Å². The Kier molecular flexibility index (Phi) is 8.75. The second kappa shape index (κ2) is 11.9. The fraction of sp³-hybridized carbons (Fsp3) is 0.360. The Hall–Kier alpha value is -3.72. The van der Waals surface area contributed by atoms with Gasteiger partial charge >= 0.3 is 5.97 Å². The first-order chi connectivity index (χ1) is 16.4. The van der Waals surface area contributed by atoms with Gasteiger partial charge in [0.15, 0.2) is 12.4 Å². The summed E-state index contributed by atoms with van der Waals surface area (Å²) in [7, 11) is 1.53. The van der Waals surface area contributed by atoms with Crippen LogP contribution in [0.15, 0.2) is 48.5 Å². The lowest BCUT2D eigenvalue weighted by atomic mass is 10.1. The van der Waals surface area contributed by atoms with Crippen LogP contribution in [-0.2, 0) is 19.1 Å². The molecule has 1 N–H and O–H groups in total. The molecule has 1 aliphatic rings. The highest BCUT2D eigenvalue weighted by atomic mass is 16.5. The van der Waals surface area contributed by atoms with Gasteiger partial charge in [0.05, 0.1) is 25.7 Å². The number of rotatable bonds is 10. The summed E-state index contributed by atoms with van der Waals surface area (Å²) >= 11 is 0. The summed E-state index contributed by atoms with van der Waals surface area (Å²) in [5, 5.41) is 2.70. The molecule has 1 heterocycles. The lowest BCUT2D eigenvalue weighted by Gasteiger charge is -2.32. The van der Waals surface area contributed by atoms with Crippen molar-refractivity contribution in [2.75, 3.05) is 38.7 Å². The largest absolute Gasteiger partial charge is 0.497 e. The summed E-state index contributed by atoms with van der Waals surface area (Å²) in [6.45, 7) is 3.18. The number of esters is 1. The highest BCUT2D eigenvalue weighted by Crippen LogP contribution is 2.15. The maximum Gasteiger partial charge on any atom is 0.338 e. The molecular formula is C25H28N2O7. The van der Waals surface area contributed by atoms with Gasteiger partial charge in [-0.15, -0.1) is 0 Å². The van der Waals surface area contributed by atoms with Gasteiger partial charge in [0.25, 0.3) is 5.91 Å². The normalized spacial score (nSPS) is 15.5. The molecule has 1 fully saturated rings. The molecule has 9 heteroatoms. The standard InChI is InChI=1S/C25H28N2O7/c1-3-12-27-13-14-33-22(24(27)30)15-23(29)26-19-8-4-18(5-9-19)25(31)34-16-21(28)17-6-10-20(32-2)11-7-17/h4-11,22H,3,12-16H2,1-2H3,(H,26,29). The van der Waals surface area contributed by atoms with Gasteiger partial charge in [0.2, 0.25) is 5.91 Å². The highest BCUT2D eigenvalue weighted by Gasteiger charge is 2.30. The fourth-order valence-corrected chi connectivity index (χ4v) is 3.47. The van der Waals surface area contributed by atoms with Gasteiger partial charge in [-0.3, -0.25) is 14.4 Å². The van der Waals surface area contributed by atoms with Crippen LogP contribution in [0.2, 0.25) is 0 Å². The Morgan fingerprint density at radius 2 is 1.74 bits per heavy atom. The number of amides is 2. The maximum absolute atomic E-state index is 12.4. The van der Waals surface area contributed by atoms with E-state index in [0.29, 0.717) is 36.7 Å². The van der Waals surface area contributed by atoms with Gasteiger partial charge in [-0.2, -0.15) is 0 Å². The number of methoxy groups -OCH3 is 1. The molecule has 180 valence electrons. The SMILES string of the molecule is CCCN1CCOC(CC(=O)Nc2ccc(C(=O)OCC(=O)c3ccc(OC)cc3)cc2)C1=O. The predicted octanol–water partition coefficient (Wildman–Crippen LogP) is 2.70. The monoisotopic (exact) mass is 468 g/mol. The number of Topliss-reactive ketones (excluding diaryl/α,β-unsaturated/α-hetero) is 1. The van der Waals surface area contributed by atoms with Crippen LogP contribution in [-0.4, -0.2) is 68.0 Å². The van der Waals surface area contributed by atoms with E-state index in [0.717, 1.165) is 6.42 Å². The Morgan fingerprint density at radius 3 is 2.38 bits per heavy atom. The van der Waals surface area contributed by atoms with E-state index in [1.54, 1.807) is 41.3 Å². The lowest BCUT2D eigenvalue weighted by molar-refractivity contribution is -0.155. The molecular weight excluding hydrogens is 440 g/mol. The van der Waals surface area contributed by atoms with Gasteiger partial charge in [-0.05, 0) is 55.0 Å². The van der Waals surface area contributed by atoms with Crippen LogP contribution in [0.3, 0.4) is 0 Å². The van der Waals surface area contributed by atoms with E-state index in [1.165, 1.54) is 19.2 Å². The number of ketones is 1. The van der Waals surface area contributed by atoms with E-state index < -0.39 is 18.7 Å². The molecule has 1 saturated heterocycles. The van der Waals surface area contributed by atoms with E-state index in [4.69, 9.17) is 14.2 Å². The van der Waals surface area contributed by atoms with Gasteiger partial charge in [-0.25, -0.2) is 4.79 Å². The molecule has 0 spiro atoms. The van der Waals surface area contributed by atoms with Crippen molar-refractivity contribution in [1.29, 1.82) is 0 Å². The third kappa shape index (κ3) is 6.64. The van der Waals surface area contributed by atoms with Crippen molar-refractivity contribution in [2.24, 2.45) is 0 Å². The maximum atomic E-state index is 12.4. The molecule has 2 aromatic carbocycles. The number of ether oxygens (including phenoxy) is 3. The molecule has 0 aromatic heterocycles. The second-order valence-electron chi connectivity index (χ2n) is 7.74. The average Bonchev–Trinajstić information content (AvgIpc) is 2.85. The summed E-state index contributed by atoms with van der Waals surface area (Å²) in [5.74, 6) is -0.909. The smallest absolute Gasteiger partial charge is 0.338 e. The van der Waals surface area contributed by atoms with Crippen molar-refractivity contribution in [2.45, 2.75) is 25.9 Å². The van der Waals surface area contributed by atoms with Gasteiger partial charge in [0.1, 0.15) is 11.9 Å². The molecule has 9 nitrogen and oxygen atoms in total. The molecule has 34 heavy (non-hydrogen) atoms. The van der Waals surface area contributed by atoms with Crippen molar-refractivity contribution in [3.63, 3.8) is 0 Å². The molecule has 1 atom stereocenters. The minimum absolute atomic E-state index is 0.0870. The number of benzene rings is 2. The zero-order valence-corrected chi connectivity index (χ0v) is 19.2. The van der Waals surface area contributed by atoms with Crippen LogP contribution in [0.25, 0.3) is 0 Å². The molecule has 0 radical (unpaired) electrons. The molecule has 0 aliphatic carbocycles. The van der Waals surface area contributed by atoms with Gasteiger partial charge in [0, 0.05) is 24.3 Å². The van der Waals surface area contributed by atoms with E-state index in [1.807, 2.05) is 6.92 Å². The number of morpholine rings is 1. The summed E-state index contributed by atoms with van der Waals surface area (Å²) in [4.78, 5) is 50.9. The number of hydrogen-bond donors (Lipinski definition) is 1. The Labute approximate surface area is 198 Å². The van der Waals surface area contributed by atoms with E-state index in [9.17, 15) is 19.2 Å². The molecule has 1 unspecified atom stereocenters. The quantitative estimate of drug-likeness (QED) is 0.422. The van der Waals surface area contributed by atoms with Crippen LogP contribution >= 0.6 is 0 Å². The van der Waals surface area contributed by atoms with Crippen LogP contribution < -0.4 is 10.1 Å². The number of nitrogens with one attached hydrogen (secondary N) is 1. The first kappa shape index (κ1) is 24.9. The van der Waals surface area contributed by atoms with Gasteiger partial charge in [-0.1, -0.05) is 6.92 Å². The zero-order valence-electron chi connectivity index (χ0n) is 19.2. The lowest BCUT2D eigenvalue weighted by Crippen LogP contribution is -2.49. The minimum Gasteiger partial charge on any atom is -0.497 e. The van der Waals surface area contributed by atoms with E-state index >= 15 is 0 Å². The van der Waals surface area contributed by atoms with Crippen LogP contribution in [0.1, 0.15) is 40.5 Å². The molecule has 2 aromatic rings. The van der Waals surface area contributed by atoms with E-state index in [-0.39, 0.29) is 29.6 Å². The predicted molar refractivity (Wildman–Crippen MR) is 124 cm³/mol. The number of carbonyl (C=O) groups is 4. The Balaban J connectivity index is 1.48. The van der Waals surface area contributed by atoms with Crippen molar-refractivity contribution in [3.8, 4) is 5.75 Å².